The minimum atomic E-state index is -0.245. The summed E-state index contributed by atoms with van der Waals surface area (Å²) < 4.78 is 35.0. The molecule has 2 aliphatic rings. The van der Waals surface area contributed by atoms with E-state index in [-0.39, 0.29) is 18.0 Å². The molecule has 2 atom stereocenters. The summed E-state index contributed by atoms with van der Waals surface area (Å²) in [6, 6.07) is 26.4. The van der Waals surface area contributed by atoms with E-state index in [9.17, 15) is 4.79 Å². The molecule has 0 unspecified atom stereocenters. The van der Waals surface area contributed by atoms with Crippen LogP contribution in [-0.4, -0.2) is 39.0 Å². The van der Waals surface area contributed by atoms with Crippen LogP contribution in [0.4, 0.5) is 0 Å². The molecule has 0 aromatic heterocycles. The summed E-state index contributed by atoms with van der Waals surface area (Å²) in [6.07, 6.45) is 1.31. The molecule has 0 N–H and O–H groups in total. The number of carbonyl (C=O) groups excluding carboxylic acids is 1. The summed E-state index contributed by atoms with van der Waals surface area (Å²) in [5, 5.41) is 0. The van der Waals surface area contributed by atoms with Gasteiger partial charge in [0, 0.05) is 29.5 Å². The maximum absolute atomic E-state index is 11.8. The van der Waals surface area contributed by atoms with Crippen LogP contribution >= 0.6 is 0 Å². The first-order valence-corrected chi connectivity index (χ1v) is 15.1. The predicted molar refractivity (Wildman–Crippen MR) is 168 cm³/mol. The molecule has 6 rings (SSSR count). The van der Waals surface area contributed by atoms with E-state index >= 15 is 0 Å². The molecule has 2 heterocycles. The van der Waals surface area contributed by atoms with Gasteiger partial charge in [-0.1, -0.05) is 42.5 Å². The second-order valence-corrected chi connectivity index (χ2v) is 11.4. The Morgan fingerprint density at radius 3 is 2.43 bits per heavy atom. The molecule has 7 heteroatoms. The summed E-state index contributed by atoms with van der Waals surface area (Å²) in [4.78, 5) is 11.8. The Morgan fingerprint density at radius 1 is 0.864 bits per heavy atom. The third kappa shape index (κ3) is 6.84. The highest BCUT2D eigenvalue weighted by atomic mass is 16.5. The summed E-state index contributed by atoms with van der Waals surface area (Å²) in [6.45, 7) is 6.84. The Balaban J connectivity index is 1.24. The number of methoxy groups -OCH3 is 1. The molecule has 228 valence electrons. The molecule has 0 bridgehead atoms. The van der Waals surface area contributed by atoms with Crippen LogP contribution in [0.3, 0.4) is 0 Å². The first kappa shape index (κ1) is 29.6. The third-order valence-electron chi connectivity index (χ3n) is 8.18. The quantitative estimate of drug-likeness (QED) is 0.168. The Bertz CT molecular complexity index is 1580. The predicted octanol–water partition coefficient (Wildman–Crippen LogP) is 7.34. The molecule has 0 saturated carbocycles. The molecular weight excluding hydrogens is 556 g/mol. The van der Waals surface area contributed by atoms with E-state index in [4.69, 9.17) is 28.4 Å². The summed E-state index contributed by atoms with van der Waals surface area (Å²) in [7, 11) is 1.40. The molecule has 7 nitrogen and oxygen atoms in total. The lowest BCUT2D eigenvalue weighted by Crippen LogP contribution is -2.15. The number of hydrogen-bond acceptors (Lipinski definition) is 7. The van der Waals surface area contributed by atoms with Crippen LogP contribution in [0, 0.1) is 13.8 Å². The zero-order chi connectivity index (χ0) is 30.5. The molecular formula is C37H38O7. The first-order valence-electron chi connectivity index (χ1n) is 15.1. The van der Waals surface area contributed by atoms with Gasteiger partial charge < -0.3 is 28.4 Å². The lowest BCUT2D eigenvalue weighted by atomic mass is 9.94. The summed E-state index contributed by atoms with van der Waals surface area (Å²) in [5.74, 6) is 2.81. The van der Waals surface area contributed by atoms with Crippen LogP contribution in [-0.2, 0) is 27.5 Å². The SMILES string of the molecule is COC(=O)C[C@@H]1COc2cc(OCc3cc(-c4c(C)cc(O[C@@H]5CCOC5)cc4C)ccc3OCc3ccccc3)ccc21. The maximum atomic E-state index is 11.8. The fraction of sp³-hybridized carbons (Fsp3) is 0.324. The number of carbonyl (C=O) groups is 1. The van der Waals surface area contributed by atoms with Crippen molar-refractivity contribution in [2.24, 2.45) is 0 Å². The number of esters is 1. The van der Waals surface area contributed by atoms with Gasteiger partial charge in [-0.05, 0) is 72.0 Å². The van der Waals surface area contributed by atoms with Crippen molar-refractivity contribution in [3.63, 3.8) is 0 Å². The van der Waals surface area contributed by atoms with Gasteiger partial charge in [0.15, 0.2) is 0 Å². The van der Waals surface area contributed by atoms with Gasteiger partial charge in [-0.15, -0.1) is 0 Å². The van der Waals surface area contributed by atoms with Crippen molar-refractivity contribution in [1.29, 1.82) is 0 Å². The van der Waals surface area contributed by atoms with Crippen molar-refractivity contribution in [3.8, 4) is 34.1 Å². The molecule has 1 saturated heterocycles. The number of rotatable bonds is 11. The van der Waals surface area contributed by atoms with Crippen LogP contribution in [0.25, 0.3) is 11.1 Å². The van der Waals surface area contributed by atoms with Gasteiger partial charge in [-0.3, -0.25) is 4.79 Å². The van der Waals surface area contributed by atoms with Gasteiger partial charge in [-0.25, -0.2) is 0 Å². The van der Waals surface area contributed by atoms with Crippen LogP contribution < -0.4 is 18.9 Å². The van der Waals surface area contributed by atoms with Gasteiger partial charge >= 0.3 is 5.97 Å². The molecule has 0 spiro atoms. The molecule has 1 fully saturated rings. The second kappa shape index (κ2) is 13.4. The first-order chi connectivity index (χ1) is 21.5. The Hall–Kier alpha value is -4.49. The van der Waals surface area contributed by atoms with Crippen molar-refractivity contribution in [2.45, 2.75) is 51.9 Å². The van der Waals surface area contributed by atoms with Crippen molar-refractivity contribution in [3.05, 3.63) is 107 Å². The van der Waals surface area contributed by atoms with Gasteiger partial charge in [0.05, 0.1) is 33.4 Å². The monoisotopic (exact) mass is 594 g/mol. The molecule has 0 aliphatic carbocycles. The Labute approximate surface area is 258 Å². The maximum Gasteiger partial charge on any atom is 0.306 e. The van der Waals surface area contributed by atoms with Gasteiger partial charge in [-0.2, -0.15) is 0 Å². The highest BCUT2D eigenvalue weighted by molar-refractivity contribution is 5.73. The highest BCUT2D eigenvalue weighted by Gasteiger charge is 2.27. The second-order valence-electron chi connectivity index (χ2n) is 11.4. The molecule has 0 radical (unpaired) electrons. The van der Waals surface area contributed by atoms with Crippen LogP contribution in [0.15, 0.2) is 78.9 Å². The van der Waals surface area contributed by atoms with E-state index < -0.39 is 0 Å². The number of benzene rings is 4. The number of aryl methyl sites for hydroxylation is 2. The van der Waals surface area contributed by atoms with Crippen molar-refractivity contribution in [2.75, 3.05) is 26.9 Å². The average Bonchev–Trinajstić information content (AvgIpc) is 3.69. The fourth-order valence-corrected chi connectivity index (χ4v) is 5.93. The van der Waals surface area contributed by atoms with Crippen molar-refractivity contribution in [1.82, 2.24) is 0 Å². The summed E-state index contributed by atoms with van der Waals surface area (Å²) in [5.41, 5.74) is 7.56. The normalized spacial score (nSPS) is 17.1. The van der Waals surface area contributed by atoms with E-state index in [2.05, 4.69) is 50.2 Å². The van der Waals surface area contributed by atoms with Crippen molar-refractivity contribution >= 4 is 5.97 Å². The smallest absolute Gasteiger partial charge is 0.306 e. The lowest BCUT2D eigenvalue weighted by molar-refractivity contribution is -0.141. The van der Waals surface area contributed by atoms with Crippen LogP contribution in [0.1, 0.15) is 46.6 Å². The highest BCUT2D eigenvalue weighted by Crippen LogP contribution is 2.39. The standard InChI is InChI=1S/C37H38O7/c1-24-15-32(44-31-13-14-40-23-31)16-25(2)37(24)27-9-12-34(42-20-26-7-5-4-6-8-26)29(17-27)22-41-30-10-11-33-28(18-36(38)39-3)21-43-35(33)19-30/h4-12,15-17,19,28,31H,13-14,18,20-23H2,1-3H3/t28-,31-/m1/s1. The fourth-order valence-electron chi connectivity index (χ4n) is 5.93. The number of ether oxygens (including phenoxy) is 6. The number of hydrogen-bond donors (Lipinski definition) is 0. The molecule has 0 amide bonds. The molecule has 44 heavy (non-hydrogen) atoms. The molecule has 4 aromatic carbocycles. The van der Waals surface area contributed by atoms with Crippen molar-refractivity contribution < 1.29 is 33.2 Å². The minimum absolute atomic E-state index is 0.0177. The zero-order valence-electron chi connectivity index (χ0n) is 25.5. The lowest BCUT2D eigenvalue weighted by Gasteiger charge is -2.18. The van der Waals surface area contributed by atoms with E-state index in [1.165, 1.54) is 12.7 Å². The van der Waals surface area contributed by atoms with E-state index in [1.54, 1.807) is 0 Å². The average molecular weight is 595 g/mol. The number of fused-ring (bicyclic) bond motifs is 1. The van der Waals surface area contributed by atoms with Gasteiger partial charge in [0.1, 0.15) is 42.3 Å². The topological polar surface area (TPSA) is 72.5 Å². The van der Waals surface area contributed by atoms with Gasteiger partial charge in [0.2, 0.25) is 0 Å². The van der Waals surface area contributed by atoms with E-state index in [0.29, 0.717) is 38.6 Å². The Kier molecular flexibility index (Phi) is 9.03. The molecule has 2 aliphatic heterocycles. The van der Waals surface area contributed by atoms with Gasteiger partial charge in [0.25, 0.3) is 0 Å². The van der Waals surface area contributed by atoms with Crippen LogP contribution in [0.5, 0.6) is 23.0 Å². The minimum Gasteiger partial charge on any atom is -0.492 e. The van der Waals surface area contributed by atoms with Crippen LogP contribution in [0.2, 0.25) is 0 Å². The Morgan fingerprint density at radius 2 is 1.68 bits per heavy atom. The summed E-state index contributed by atoms with van der Waals surface area (Å²) >= 11 is 0. The van der Waals surface area contributed by atoms with E-state index in [0.717, 1.165) is 63.7 Å². The third-order valence-corrected chi connectivity index (χ3v) is 8.18. The van der Waals surface area contributed by atoms with E-state index in [1.807, 2.05) is 42.5 Å². The largest absolute Gasteiger partial charge is 0.492 e. The molecule has 4 aromatic rings. The zero-order valence-corrected chi connectivity index (χ0v) is 25.5.